The Balaban J connectivity index is 4.43. The van der Waals surface area contributed by atoms with Crippen LogP contribution in [0.2, 0.25) is 0 Å². The molecule has 0 amide bonds. The van der Waals surface area contributed by atoms with Crippen molar-refractivity contribution < 1.29 is 0 Å². The fraction of sp³-hybridized carbons (Fsp3) is 1.00. The van der Waals surface area contributed by atoms with Crippen molar-refractivity contribution >= 4 is 11.8 Å². The maximum absolute atomic E-state index is 2.42. The standard InChI is InChI=1S/C11H24S/c1-7-11(5,8-2)10(12-6)9(3)4/h9-10H,7-8H2,1-6H3. The summed E-state index contributed by atoms with van der Waals surface area (Å²) in [6, 6.07) is 0. The van der Waals surface area contributed by atoms with Gasteiger partial charge in [-0.2, -0.15) is 11.8 Å². The second kappa shape index (κ2) is 5.16. The molecule has 1 atom stereocenters. The molecule has 0 saturated carbocycles. The number of rotatable bonds is 5. The Hall–Kier alpha value is 0.350. The molecule has 0 aliphatic heterocycles. The molecular weight excluding hydrogens is 164 g/mol. The van der Waals surface area contributed by atoms with Crippen molar-refractivity contribution in [3.05, 3.63) is 0 Å². The summed E-state index contributed by atoms with van der Waals surface area (Å²) in [6.45, 7) is 11.7. The average molecular weight is 188 g/mol. The maximum atomic E-state index is 2.42. The van der Waals surface area contributed by atoms with E-state index in [1.165, 1.54) is 12.8 Å². The highest BCUT2D eigenvalue weighted by molar-refractivity contribution is 7.99. The number of hydrogen-bond donors (Lipinski definition) is 0. The number of hydrogen-bond acceptors (Lipinski definition) is 1. The minimum Gasteiger partial charge on any atom is -0.161 e. The van der Waals surface area contributed by atoms with Crippen LogP contribution in [-0.2, 0) is 0 Å². The number of thioether (sulfide) groups is 1. The molecule has 1 unspecified atom stereocenters. The van der Waals surface area contributed by atoms with E-state index in [9.17, 15) is 0 Å². The third-order valence-corrected chi connectivity index (χ3v) is 4.78. The Bertz CT molecular complexity index is 114. The molecule has 0 aromatic heterocycles. The summed E-state index contributed by atoms with van der Waals surface area (Å²) in [4.78, 5) is 0. The Morgan fingerprint density at radius 2 is 1.58 bits per heavy atom. The molecule has 0 aromatic rings. The van der Waals surface area contributed by atoms with Crippen molar-refractivity contribution in [3.8, 4) is 0 Å². The lowest BCUT2D eigenvalue weighted by molar-refractivity contribution is 0.249. The van der Waals surface area contributed by atoms with Gasteiger partial charge in [-0.3, -0.25) is 0 Å². The molecule has 0 N–H and O–H groups in total. The molecule has 0 fully saturated rings. The third kappa shape index (κ3) is 2.69. The predicted molar refractivity (Wildman–Crippen MR) is 60.8 cm³/mol. The van der Waals surface area contributed by atoms with Crippen molar-refractivity contribution in [1.82, 2.24) is 0 Å². The van der Waals surface area contributed by atoms with E-state index in [2.05, 4.69) is 40.9 Å². The molecule has 74 valence electrons. The molecule has 0 aliphatic carbocycles. The van der Waals surface area contributed by atoms with E-state index >= 15 is 0 Å². The molecule has 0 aliphatic rings. The SMILES string of the molecule is CCC(C)(CC)C(SC)C(C)C. The molecule has 0 nitrogen and oxygen atoms in total. The first-order valence-corrected chi connectivity index (χ1v) is 6.33. The van der Waals surface area contributed by atoms with E-state index in [1.807, 2.05) is 11.8 Å². The second-order valence-corrected chi connectivity index (χ2v) is 5.24. The second-order valence-electron chi connectivity index (χ2n) is 4.26. The summed E-state index contributed by atoms with van der Waals surface area (Å²) in [5.41, 5.74) is 0.535. The lowest BCUT2D eigenvalue weighted by Crippen LogP contribution is -2.32. The smallest absolute Gasteiger partial charge is 0.0121 e. The van der Waals surface area contributed by atoms with Gasteiger partial charge in [0, 0.05) is 5.25 Å². The molecule has 1 heteroatoms. The molecule has 0 radical (unpaired) electrons. The van der Waals surface area contributed by atoms with Gasteiger partial charge < -0.3 is 0 Å². The van der Waals surface area contributed by atoms with Gasteiger partial charge in [0.25, 0.3) is 0 Å². The molecule has 0 rings (SSSR count). The van der Waals surface area contributed by atoms with E-state index in [0.717, 1.165) is 11.2 Å². The fourth-order valence-corrected chi connectivity index (χ4v) is 3.46. The monoisotopic (exact) mass is 188 g/mol. The van der Waals surface area contributed by atoms with E-state index in [1.54, 1.807) is 0 Å². The highest BCUT2D eigenvalue weighted by atomic mass is 32.2. The predicted octanol–water partition coefficient (Wildman–Crippen LogP) is 4.20. The topological polar surface area (TPSA) is 0 Å². The Morgan fingerprint density at radius 3 is 1.67 bits per heavy atom. The first-order chi connectivity index (χ1) is 5.51. The van der Waals surface area contributed by atoms with Gasteiger partial charge in [-0.1, -0.05) is 34.6 Å². The summed E-state index contributed by atoms with van der Waals surface area (Å²) in [5, 5.41) is 0.812. The van der Waals surface area contributed by atoms with Crippen LogP contribution in [0.25, 0.3) is 0 Å². The van der Waals surface area contributed by atoms with Crippen LogP contribution in [0.1, 0.15) is 47.5 Å². The van der Waals surface area contributed by atoms with Crippen LogP contribution in [-0.4, -0.2) is 11.5 Å². The van der Waals surface area contributed by atoms with Crippen LogP contribution in [0.5, 0.6) is 0 Å². The minimum atomic E-state index is 0.535. The van der Waals surface area contributed by atoms with Crippen LogP contribution in [0, 0.1) is 11.3 Å². The van der Waals surface area contributed by atoms with Gasteiger partial charge in [0.2, 0.25) is 0 Å². The Labute approximate surface area is 82.5 Å². The van der Waals surface area contributed by atoms with Crippen LogP contribution in [0.3, 0.4) is 0 Å². The molecule has 0 aromatic carbocycles. The normalized spacial score (nSPS) is 15.2. The van der Waals surface area contributed by atoms with Crippen LogP contribution >= 0.6 is 11.8 Å². The van der Waals surface area contributed by atoms with E-state index in [4.69, 9.17) is 0 Å². The van der Waals surface area contributed by atoms with Gasteiger partial charge in [-0.05, 0) is 30.4 Å². The molecule has 12 heavy (non-hydrogen) atoms. The maximum Gasteiger partial charge on any atom is 0.0121 e. The van der Waals surface area contributed by atoms with Gasteiger partial charge in [-0.15, -0.1) is 0 Å². The summed E-state index contributed by atoms with van der Waals surface area (Å²) < 4.78 is 0. The largest absolute Gasteiger partial charge is 0.161 e. The summed E-state index contributed by atoms with van der Waals surface area (Å²) in [7, 11) is 0. The molecule has 0 heterocycles. The zero-order valence-electron chi connectivity index (χ0n) is 9.48. The first kappa shape index (κ1) is 12.3. The Morgan fingerprint density at radius 1 is 1.17 bits per heavy atom. The summed E-state index contributed by atoms with van der Waals surface area (Å²) >= 11 is 2.03. The third-order valence-electron chi connectivity index (χ3n) is 3.16. The van der Waals surface area contributed by atoms with E-state index < -0.39 is 0 Å². The molecule has 0 bridgehead atoms. The van der Waals surface area contributed by atoms with Crippen LogP contribution in [0.4, 0.5) is 0 Å². The van der Waals surface area contributed by atoms with Crippen molar-refractivity contribution in [2.75, 3.05) is 6.26 Å². The minimum absolute atomic E-state index is 0.535. The quantitative estimate of drug-likeness (QED) is 0.623. The van der Waals surface area contributed by atoms with E-state index in [-0.39, 0.29) is 0 Å². The lowest BCUT2D eigenvalue weighted by Gasteiger charge is -2.37. The zero-order valence-corrected chi connectivity index (χ0v) is 10.3. The Kier molecular flexibility index (Phi) is 5.31. The van der Waals surface area contributed by atoms with Gasteiger partial charge in [0.15, 0.2) is 0 Å². The molecule has 0 saturated heterocycles. The van der Waals surface area contributed by atoms with Crippen molar-refractivity contribution in [2.24, 2.45) is 11.3 Å². The highest BCUT2D eigenvalue weighted by Gasteiger charge is 2.32. The first-order valence-electron chi connectivity index (χ1n) is 5.04. The van der Waals surface area contributed by atoms with Gasteiger partial charge >= 0.3 is 0 Å². The van der Waals surface area contributed by atoms with Gasteiger partial charge in [-0.25, -0.2) is 0 Å². The van der Waals surface area contributed by atoms with Gasteiger partial charge in [0.05, 0.1) is 0 Å². The fourth-order valence-electron chi connectivity index (χ4n) is 2.01. The van der Waals surface area contributed by atoms with Crippen molar-refractivity contribution in [3.63, 3.8) is 0 Å². The highest BCUT2D eigenvalue weighted by Crippen LogP contribution is 2.40. The average Bonchev–Trinajstić information content (AvgIpc) is 2.04. The summed E-state index contributed by atoms with van der Waals surface area (Å²) in [6.07, 6.45) is 4.84. The van der Waals surface area contributed by atoms with Crippen molar-refractivity contribution in [2.45, 2.75) is 52.7 Å². The van der Waals surface area contributed by atoms with Gasteiger partial charge in [0.1, 0.15) is 0 Å². The van der Waals surface area contributed by atoms with E-state index in [0.29, 0.717) is 5.41 Å². The van der Waals surface area contributed by atoms with Crippen LogP contribution < -0.4 is 0 Å². The lowest BCUT2D eigenvalue weighted by atomic mass is 9.77. The summed E-state index contributed by atoms with van der Waals surface area (Å²) in [5.74, 6) is 0.796. The molecular formula is C11H24S. The van der Waals surface area contributed by atoms with Crippen molar-refractivity contribution in [1.29, 1.82) is 0 Å². The molecule has 0 spiro atoms. The zero-order chi connectivity index (χ0) is 9.78. The van der Waals surface area contributed by atoms with Crippen LogP contribution in [0.15, 0.2) is 0 Å².